The quantitative estimate of drug-likeness (QED) is 0.330. The summed E-state index contributed by atoms with van der Waals surface area (Å²) in [5.41, 5.74) is 2.28. The maximum atomic E-state index is 11.5. The Bertz CT molecular complexity index is 522. The number of hydrogen-bond acceptors (Lipinski definition) is 9. The van der Waals surface area contributed by atoms with Crippen molar-refractivity contribution in [3.05, 3.63) is 0 Å². The molecule has 1 aromatic rings. The monoisotopic (exact) mass is 305 g/mol. The molecule has 0 aliphatic heterocycles. The Morgan fingerprint density at radius 2 is 1.90 bits per heavy atom. The van der Waals surface area contributed by atoms with Gasteiger partial charge in [-0.05, 0) is 6.92 Å². The van der Waals surface area contributed by atoms with Gasteiger partial charge >= 0.3 is 6.01 Å². The van der Waals surface area contributed by atoms with E-state index < -0.39 is 10.0 Å². The minimum absolute atomic E-state index is 0.0954. The maximum Gasteiger partial charge on any atom is 0.323 e. The molecule has 0 aliphatic rings. The lowest BCUT2D eigenvalue weighted by Gasteiger charge is -2.09. The second-order valence-corrected chi connectivity index (χ2v) is 5.51. The van der Waals surface area contributed by atoms with Crippen LogP contribution in [0.5, 0.6) is 6.01 Å². The molecule has 0 atom stereocenters. The first kappa shape index (κ1) is 16.3. The Kier molecular flexibility index (Phi) is 6.35. The number of ether oxygens (including phenoxy) is 1. The topological polar surface area (TPSA) is 144 Å². The van der Waals surface area contributed by atoms with Crippen LogP contribution in [0.1, 0.15) is 13.8 Å². The lowest BCUT2D eigenvalue weighted by molar-refractivity contribution is 0.312. The SMILES string of the molecule is CCNS(=O)(=O)CCNc1nc(NN)nc(OCC)n1. The van der Waals surface area contributed by atoms with Gasteiger partial charge in [-0.25, -0.2) is 19.0 Å². The smallest absolute Gasteiger partial charge is 0.323 e. The molecule has 1 heterocycles. The molecule has 11 heteroatoms. The predicted octanol–water partition coefficient (Wildman–Crippen LogP) is -1.09. The molecule has 0 radical (unpaired) electrons. The van der Waals surface area contributed by atoms with Gasteiger partial charge in [-0.15, -0.1) is 0 Å². The van der Waals surface area contributed by atoms with Gasteiger partial charge in [-0.3, -0.25) is 5.43 Å². The van der Waals surface area contributed by atoms with Crippen LogP contribution in [0.3, 0.4) is 0 Å². The molecule has 1 rings (SSSR count). The van der Waals surface area contributed by atoms with Crippen LogP contribution in [0.15, 0.2) is 0 Å². The van der Waals surface area contributed by atoms with Crippen LogP contribution in [-0.2, 0) is 10.0 Å². The molecule has 5 N–H and O–H groups in total. The predicted molar refractivity (Wildman–Crippen MR) is 74.8 cm³/mol. The number of hydrogen-bond donors (Lipinski definition) is 4. The average Bonchev–Trinajstić information content (AvgIpc) is 2.38. The van der Waals surface area contributed by atoms with Gasteiger partial charge < -0.3 is 10.1 Å². The average molecular weight is 305 g/mol. The van der Waals surface area contributed by atoms with Crippen molar-refractivity contribution in [2.75, 3.05) is 36.2 Å². The van der Waals surface area contributed by atoms with E-state index in [2.05, 4.69) is 30.4 Å². The third-order valence-electron chi connectivity index (χ3n) is 2.04. The first-order chi connectivity index (χ1) is 9.50. The van der Waals surface area contributed by atoms with Gasteiger partial charge in [0.1, 0.15) is 0 Å². The molecule has 10 nitrogen and oxygen atoms in total. The summed E-state index contributed by atoms with van der Waals surface area (Å²) < 4.78 is 30.4. The van der Waals surface area contributed by atoms with Crippen molar-refractivity contribution in [1.29, 1.82) is 0 Å². The minimum atomic E-state index is -3.29. The summed E-state index contributed by atoms with van der Waals surface area (Å²) >= 11 is 0. The van der Waals surface area contributed by atoms with Gasteiger partial charge in [0, 0.05) is 13.1 Å². The molecule has 1 aromatic heterocycles. The number of sulfonamides is 1. The minimum Gasteiger partial charge on any atom is -0.464 e. The number of nitrogens with one attached hydrogen (secondary N) is 3. The fourth-order valence-electron chi connectivity index (χ4n) is 1.28. The summed E-state index contributed by atoms with van der Waals surface area (Å²) in [6.07, 6.45) is 0. The normalized spacial score (nSPS) is 11.2. The Hall–Kier alpha value is -1.72. The summed E-state index contributed by atoms with van der Waals surface area (Å²) in [5.74, 6) is 5.44. The van der Waals surface area contributed by atoms with Crippen molar-refractivity contribution < 1.29 is 13.2 Å². The molecule has 0 bridgehead atoms. The zero-order chi connectivity index (χ0) is 15.0. The summed E-state index contributed by atoms with van der Waals surface area (Å²) in [7, 11) is -3.29. The number of nitrogens with two attached hydrogens (primary N) is 1. The van der Waals surface area contributed by atoms with Crippen molar-refractivity contribution in [1.82, 2.24) is 19.7 Å². The maximum absolute atomic E-state index is 11.5. The molecule has 0 fully saturated rings. The molecule has 0 saturated carbocycles. The molecule has 0 aromatic carbocycles. The van der Waals surface area contributed by atoms with Crippen molar-refractivity contribution >= 4 is 21.9 Å². The number of hydrazine groups is 1. The first-order valence-corrected chi connectivity index (χ1v) is 7.72. The molecule has 0 saturated heterocycles. The fraction of sp³-hybridized carbons (Fsp3) is 0.667. The molecule has 0 amide bonds. The highest BCUT2D eigenvalue weighted by Gasteiger charge is 2.10. The van der Waals surface area contributed by atoms with Crippen molar-refractivity contribution in [3.63, 3.8) is 0 Å². The Balaban J connectivity index is 2.65. The summed E-state index contributed by atoms with van der Waals surface area (Å²) in [6, 6.07) is 0.104. The molecular weight excluding hydrogens is 286 g/mol. The number of anilines is 2. The van der Waals surface area contributed by atoms with Gasteiger partial charge in [-0.2, -0.15) is 15.0 Å². The van der Waals surface area contributed by atoms with E-state index >= 15 is 0 Å². The van der Waals surface area contributed by atoms with E-state index in [0.29, 0.717) is 13.2 Å². The van der Waals surface area contributed by atoms with E-state index in [1.165, 1.54) is 0 Å². The second kappa shape index (κ2) is 7.77. The van der Waals surface area contributed by atoms with E-state index in [4.69, 9.17) is 10.6 Å². The van der Waals surface area contributed by atoms with Gasteiger partial charge in [0.05, 0.1) is 12.4 Å². The number of aromatic nitrogens is 3. The van der Waals surface area contributed by atoms with Crippen molar-refractivity contribution in [2.24, 2.45) is 5.84 Å². The first-order valence-electron chi connectivity index (χ1n) is 6.07. The summed E-state index contributed by atoms with van der Waals surface area (Å²) in [4.78, 5) is 11.8. The van der Waals surface area contributed by atoms with Gasteiger partial charge in [-0.1, -0.05) is 6.92 Å². The molecule has 0 aliphatic carbocycles. The fourth-order valence-corrected chi connectivity index (χ4v) is 2.24. The van der Waals surface area contributed by atoms with E-state index in [-0.39, 0.29) is 30.2 Å². The Morgan fingerprint density at radius 1 is 1.20 bits per heavy atom. The summed E-state index contributed by atoms with van der Waals surface area (Å²) in [6.45, 7) is 4.39. The standard InChI is InChI=1S/C9H19N7O3S/c1-3-12-20(17,18)6-5-11-7-13-8(16-10)15-9(14-7)19-4-2/h12H,3-6,10H2,1-2H3,(H2,11,13,14,15,16). The highest BCUT2D eigenvalue weighted by Crippen LogP contribution is 2.10. The van der Waals surface area contributed by atoms with Crippen LogP contribution in [0.2, 0.25) is 0 Å². The zero-order valence-corrected chi connectivity index (χ0v) is 12.2. The van der Waals surface area contributed by atoms with Crippen LogP contribution in [-0.4, -0.2) is 48.8 Å². The van der Waals surface area contributed by atoms with Crippen molar-refractivity contribution in [2.45, 2.75) is 13.8 Å². The van der Waals surface area contributed by atoms with Crippen LogP contribution < -0.4 is 26.0 Å². The highest BCUT2D eigenvalue weighted by atomic mass is 32.2. The van der Waals surface area contributed by atoms with E-state index in [0.717, 1.165) is 0 Å². The number of nitrogens with zero attached hydrogens (tertiary/aromatic N) is 3. The van der Waals surface area contributed by atoms with Gasteiger partial charge in [0.15, 0.2) is 0 Å². The number of nitrogen functional groups attached to an aromatic ring is 1. The number of rotatable bonds is 9. The van der Waals surface area contributed by atoms with Gasteiger partial charge in [0.25, 0.3) is 0 Å². The second-order valence-electron chi connectivity index (χ2n) is 3.59. The third kappa shape index (κ3) is 5.50. The third-order valence-corrected chi connectivity index (χ3v) is 3.51. The van der Waals surface area contributed by atoms with Crippen LogP contribution in [0, 0.1) is 0 Å². The van der Waals surface area contributed by atoms with Crippen molar-refractivity contribution in [3.8, 4) is 6.01 Å². The largest absolute Gasteiger partial charge is 0.464 e. The molecule has 20 heavy (non-hydrogen) atoms. The Morgan fingerprint density at radius 3 is 2.50 bits per heavy atom. The molecule has 0 spiro atoms. The van der Waals surface area contributed by atoms with E-state index in [1.807, 2.05) is 0 Å². The van der Waals surface area contributed by atoms with Gasteiger partial charge in [0.2, 0.25) is 21.9 Å². The molecular formula is C9H19N7O3S. The lowest BCUT2D eigenvalue weighted by Crippen LogP contribution is -2.29. The summed E-state index contributed by atoms with van der Waals surface area (Å²) in [5, 5.41) is 2.78. The van der Waals surface area contributed by atoms with E-state index in [9.17, 15) is 8.42 Å². The van der Waals surface area contributed by atoms with Crippen LogP contribution in [0.4, 0.5) is 11.9 Å². The highest BCUT2D eigenvalue weighted by molar-refractivity contribution is 7.89. The van der Waals surface area contributed by atoms with Crippen LogP contribution in [0.25, 0.3) is 0 Å². The zero-order valence-electron chi connectivity index (χ0n) is 11.4. The molecule has 114 valence electrons. The van der Waals surface area contributed by atoms with Crippen LogP contribution >= 0.6 is 0 Å². The van der Waals surface area contributed by atoms with E-state index in [1.54, 1.807) is 13.8 Å². The molecule has 0 unspecified atom stereocenters. The Labute approximate surface area is 117 Å². The lowest BCUT2D eigenvalue weighted by atomic mass is 10.7.